The lowest BCUT2D eigenvalue weighted by Gasteiger charge is -2.45. The van der Waals surface area contributed by atoms with Crippen molar-refractivity contribution in [3.8, 4) is 0 Å². The highest BCUT2D eigenvalue weighted by atomic mass is 35.5. The van der Waals surface area contributed by atoms with E-state index in [-0.39, 0.29) is 75.3 Å². The molecule has 2 aromatic carbocycles. The first-order valence-electron chi connectivity index (χ1n) is 32.7. The van der Waals surface area contributed by atoms with Crippen molar-refractivity contribution in [2.24, 2.45) is 17.8 Å². The maximum Gasteiger partial charge on any atom is 0.417 e. The van der Waals surface area contributed by atoms with Gasteiger partial charge in [-0.2, -0.15) is 13.2 Å². The fourth-order valence-electron chi connectivity index (χ4n) is 13.1. The van der Waals surface area contributed by atoms with Crippen LogP contribution in [0.25, 0.3) is 0 Å². The minimum atomic E-state index is -4.76. The van der Waals surface area contributed by atoms with Gasteiger partial charge in [0.15, 0.2) is 0 Å². The Kier molecular flexibility index (Phi) is 25.9. The monoisotopic (exact) mass is 1320 g/mol. The van der Waals surface area contributed by atoms with Crippen molar-refractivity contribution in [3.63, 3.8) is 0 Å². The van der Waals surface area contributed by atoms with Crippen molar-refractivity contribution in [1.29, 1.82) is 0 Å². The van der Waals surface area contributed by atoms with E-state index in [0.29, 0.717) is 37.7 Å². The predicted octanol–water partition coefficient (Wildman–Crippen LogP) is 5.32. The smallest absolute Gasteiger partial charge is 0.351 e. The number of carbonyl (C=O) groups is 11. The number of nitrogens with zero attached hydrogens (tertiary/aromatic N) is 6. The Morgan fingerprint density at radius 1 is 0.667 bits per heavy atom. The van der Waals surface area contributed by atoms with Crippen molar-refractivity contribution in [2.45, 2.75) is 218 Å². The number of fused-ring (bicyclic) bond motifs is 1. The third kappa shape index (κ3) is 18.5. The maximum absolute atomic E-state index is 15.1. The first-order valence-corrected chi connectivity index (χ1v) is 33.0. The molecular weight excluding hydrogens is 1230 g/mol. The van der Waals surface area contributed by atoms with Gasteiger partial charge in [-0.1, -0.05) is 107 Å². The number of alkyl halides is 3. The molecule has 22 nitrogen and oxygen atoms in total. The molecule has 2 aromatic rings. The lowest BCUT2D eigenvalue weighted by atomic mass is 9.90. The molecule has 1 unspecified atom stereocenters. The van der Waals surface area contributed by atoms with Gasteiger partial charge in [0, 0.05) is 60.7 Å². The van der Waals surface area contributed by atoms with Crippen LogP contribution in [0.2, 0.25) is 5.02 Å². The Morgan fingerprint density at radius 3 is 1.86 bits per heavy atom. The van der Waals surface area contributed by atoms with Crippen LogP contribution in [0.15, 0.2) is 42.5 Å². The van der Waals surface area contributed by atoms with Crippen LogP contribution in [0.4, 0.5) is 13.2 Å². The SMILES string of the molecule is CC[C@H](C)[C@@H]1NC(=O)[C@H](CC(C)C)N(C)C(=O)C[C@@H](C)NC(=O)[C@H](C2CCCC2)N(C)C(=O)C2(CCCC2)NC(=O)[C@@H](C)NC(=O)[C@H](CCc2ccc(C(F)(F)F)c(Cl)c2)NC(=O)CN(C)C(=O)[C@H](Cc2ccc(C)cc2)N(C)C(=O)C2CCN2C(=O)[C@H](C)N(C)C1=O. The fraction of sp³-hybridized carbons (Fsp3) is 0.657. The van der Waals surface area contributed by atoms with E-state index >= 15 is 4.79 Å². The van der Waals surface area contributed by atoms with E-state index in [4.69, 9.17) is 11.6 Å². The van der Waals surface area contributed by atoms with Crippen LogP contribution >= 0.6 is 11.6 Å². The third-order valence-corrected chi connectivity index (χ3v) is 19.6. The molecule has 5 N–H and O–H groups in total. The van der Waals surface area contributed by atoms with Crippen LogP contribution in [0.3, 0.4) is 0 Å². The molecule has 2 saturated heterocycles. The Labute approximate surface area is 549 Å². The van der Waals surface area contributed by atoms with Gasteiger partial charge in [0.1, 0.15) is 53.9 Å². The van der Waals surface area contributed by atoms with Crippen LogP contribution in [-0.4, -0.2) is 203 Å². The molecular formula is C67H97ClF3N11O11. The van der Waals surface area contributed by atoms with Gasteiger partial charge in [-0.05, 0) is 120 Å². The van der Waals surface area contributed by atoms with Gasteiger partial charge in [-0.25, -0.2) is 0 Å². The second-order valence-corrected chi connectivity index (χ2v) is 27.2. The number of amides is 11. The Hall–Kier alpha value is -7.31. The molecule has 26 heteroatoms. The number of rotatable bonds is 10. The minimum Gasteiger partial charge on any atom is -0.351 e. The molecule has 2 heterocycles. The number of hydrogen-bond donors (Lipinski definition) is 5. The van der Waals surface area contributed by atoms with Gasteiger partial charge in [0.2, 0.25) is 65.0 Å². The second-order valence-electron chi connectivity index (χ2n) is 26.8. The molecule has 93 heavy (non-hydrogen) atoms. The van der Waals surface area contributed by atoms with Crippen LogP contribution < -0.4 is 26.6 Å². The molecule has 4 fully saturated rings. The highest BCUT2D eigenvalue weighted by Crippen LogP contribution is 2.37. The molecule has 2 aliphatic carbocycles. The average molecular weight is 1330 g/mol. The average Bonchev–Trinajstić information content (AvgIpc) is 1.74. The number of benzene rings is 2. The predicted molar refractivity (Wildman–Crippen MR) is 343 cm³/mol. The number of halogens is 4. The van der Waals surface area contributed by atoms with Gasteiger partial charge in [-0.3, -0.25) is 52.7 Å². The molecule has 11 amide bonds. The Balaban J connectivity index is 1.37. The number of hydrogen-bond acceptors (Lipinski definition) is 11. The van der Waals surface area contributed by atoms with Crippen LogP contribution in [0, 0.1) is 24.7 Å². The summed E-state index contributed by atoms with van der Waals surface area (Å²) in [7, 11) is 7.17. The van der Waals surface area contributed by atoms with Gasteiger partial charge in [-0.15, -0.1) is 0 Å². The zero-order valence-electron chi connectivity index (χ0n) is 56.2. The number of likely N-dealkylation sites (N-methyl/N-ethyl adjacent to an activating group) is 5. The van der Waals surface area contributed by atoms with Gasteiger partial charge in [0.05, 0.1) is 17.1 Å². The highest BCUT2D eigenvalue weighted by molar-refractivity contribution is 6.31. The summed E-state index contributed by atoms with van der Waals surface area (Å²) in [5.74, 6) is -7.98. The number of carbonyl (C=O) groups excluding carboxylic acids is 11. The Bertz CT molecular complexity index is 3070. The van der Waals surface area contributed by atoms with Crippen molar-refractivity contribution >= 4 is 76.6 Å². The zero-order chi connectivity index (χ0) is 69.1. The van der Waals surface area contributed by atoms with Gasteiger partial charge in [0.25, 0.3) is 0 Å². The normalized spacial score (nSPS) is 27.0. The zero-order valence-corrected chi connectivity index (χ0v) is 56.9. The molecule has 0 bridgehead atoms. The van der Waals surface area contributed by atoms with Crippen molar-refractivity contribution in [3.05, 3.63) is 69.7 Å². The third-order valence-electron chi connectivity index (χ3n) is 19.3. The van der Waals surface area contributed by atoms with E-state index in [1.54, 1.807) is 26.0 Å². The summed E-state index contributed by atoms with van der Waals surface area (Å²) in [5.41, 5.74) is -0.745. The quantitative estimate of drug-likeness (QED) is 0.203. The molecule has 514 valence electrons. The summed E-state index contributed by atoms with van der Waals surface area (Å²) in [6.45, 7) is 13.3. The van der Waals surface area contributed by atoms with E-state index in [0.717, 1.165) is 35.4 Å². The molecule has 2 aliphatic heterocycles. The molecule has 4 aliphatic rings. The summed E-state index contributed by atoms with van der Waals surface area (Å²) in [6, 6.07) is -0.0492. The summed E-state index contributed by atoms with van der Waals surface area (Å²) in [6.07, 6.45) is -0.247. The van der Waals surface area contributed by atoms with Crippen LogP contribution in [0.5, 0.6) is 0 Å². The summed E-state index contributed by atoms with van der Waals surface area (Å²) >= 11 is 6.08. The summed E-state index contributed by atoms with van der Waals surface area (Å²) < 4.78 is 41.2. The minimum absolute atomic E-state index is 0.0360. The van der Waals surface area contributed by atoms with Crippen molar-refractivity contribution in [1.82, 2.24) is 56.0 Å². The molecule has 6 rings (SSSR count). The standard InChI is InChI=1S/C67H97ClF3N11O11/c1-14-40(5)55-64(92)78(10)43(8)61(89)82-32-29-50(82)63(91)80(12)52(36-45-23-21-39(4)22-24-45)62(90)77(9)37-53(83)74-49(28-26-44-25-27-47(48(68)35-44)67(69,70)71)58(86)73-42(7)57(85)76-66(30-17-18-31-66)65(93)81(13)56(46-19-15-16-20-46)60(88)72-41(6)34-54(84)79(11)51(33-38(2)3)59(87)75-55/h21-25,27,35,38,40-43,46,49-52,55-56H,14-20,26,28-34,36-37H2,1-13H3,(H,72,88)(H,73,86)(H,74,83)(H,75,87)(H,76,85)/t40-,41+,42+,43-,49-,50?,51-,52-,55-,56-/m0/s1. The largest absolute Gasteiger partial charge is 0.417 e. The first kappa shape index (κ1) is 74.7. The fourth-order valence-corrected chi connectivity index (χ4v) is 13.4. The first-order chi connectivity index (χ1) is 43.6. The maximum atomic E-state index is 15.1. The number of aryl methyl sites for hydroxylation is 2. The molecule has 2 saturated carbocycles. The molecule has 10 atom stereocenters. The van der Waals surface area contributed by atoms with Crippen molar-refractivity contribution < 1.29 is 65.9 Å². The topological polar surface area (TPSA) is 267 Å². The molecule has 0 aromatic heterocycles. The highest BCUT2D eigenvalue weighted by Gasteiger charge is 2.50. The van der Waals surface area contributed by atoms with Crippen molar-refractivity contribution in [2.75, 3.05) is 48.3 Å². The van der Waals surface area contributed by atoms with Gasteiger partial charge >= 0.3 is 6.18 Å². The molecule has 0 radical (unpaired) electrons. The Morgan fingerprint density at radius 2 is 1.29 bits per heavy atom. The number of nitrogens with one attached hydrogen (secondary N) is 5. The summed E-state index contributed by atoms with van der Waals surface area (Å²) in [4.78, 5) is 168. The summed E-state index contributed by atoms with van der Waals surface area (Å²) in [5, 5.41) is 13.5. The van der Waals surface area contributed by atoms with E-state index in [9.17, 15) is 61.1 Å². The lowest BCUT2D eigenvalue weighted by molar-refractivity contribution is -0.160. The van der Waals surface area contributed by atoms with E-state index in [1.165, 1.54) is 79.7 Å². The second kappa shape index (κ2) is 32.2. The van der Waals surface area contributed by atoms with E-state index in [1.807, 2.05) is 39.8 Å². The van der Waals surface area contributed by atoms with Crippen LogP contribution in [0.1, 0.15) is 154 Å². The van der Waals surface area contributed by atoms with Gasteiger partial charge < -0.3 is 56.0 Å². The van der Waals surface area contributed by atoms with Crippen LogP contribution in [-0.2, 0) is 71.8 Å². The lowest BCUT2D eigenvalue weighted by Crippen LogP contribution is -2.65. The molecule has 1 spiro atoms. The van der Waals surface area contributed by atoms with E-state index in [2.05, 4.69) is 26.6 Å². The van der Waals surface area contributed by atoms with E-state index < -0.39 is 154 Å².